The average molecular weight is 489 g/mol. The molecule has 0 bridgehead atoms. The number of hydrogen-bond acceptors (Lipinski definition) is 8. The largest absolute Gasteiger partial charge is 0.452 e. The molecule has 2 N–H and O–H groups in total. The molecule has 0 spiro atoms. The highest BCUT2D eigenvalue weighted by Gasteiger charge is 2.72. The first-order valence-electron chi connectivity index (χ1n) is 12.7. The molecule has 0 aromatic heterocycles. The smallest absolute Gasteiger partial charge is 0.303 e. The lowest BCUT2D eigenvalue weighted by atomic mass is 9.52. The predicted octanol–water partition coefficient (Wildman–Crippen LogP) is 2.26. The predicted molar refractivity (Wildman–Crippen MR) is 124 cm³/mol. The first-order chi connectivity index (χ1) is 16.4. The summed E-state index contributed by atoms with van der Waals surface area (Å²) in [6, 6.07) is 0. The molecule has 3 fully saturated rings. The lowest BCUT2D eigenvalue weighted by Gasteiger charge is -2.53. The van der Waals surface area contributed by atoms with Gasteiger partial charge in [0.2, 0.25) is 5.78 Å². The summed E-state index contributed by atoms with van der Waals surface area (Å²) in [6.45, 7) is 9.59. The molecule has 192 valence electrons. The number of carbonyl (C=O) groups excluding carboxylic acids is 3. The van der Waals surface area contributed by atoms with Gasteiger partial charge in [0.05, 0.1) is 24.7 Å². The van der Waals surface area contributed by atoms with Gasteiger partial charge >= 0.3 is 5.97 Å². The SMILES string of the molecule is CC(=O)O[C@@H]1CO[C@H]2O[C@H]3[C@@H](C(C=O)=C[C@H](O)[C@@H]4C5=C(C(C)C)CC[C@]5(C)CC[C@@]34C)[C@@]2(O)C1=O. The monoisotopic (exact) mass is 488 g/mol. The zero-order valence-electron chi connectivity index (χ0n) is 21.1. The molecule has 0 aromatic rings. The van der Waals surface area contributed by atoms with E-state index in [-0.39, 0.29) is 23.5 Å². The number of ketones is 1. The molecule has 5 rings (SSSR count). The zero-order valence-corrected chi connectivity index (χ0v) is 21.1. The van der Waals surface area contributed by atoms with Crippen LogP contribution in [-0.4, -0.2) is 65.1 Å². The number of carbonyl (C=O) groups is 3. The number of fused-ring (bicyclic) bond motifs is 7. The molecule has 8 heteroatoms. The molecule has 35 heavy (non-hydrogen) atoms. The number of aliphatic hydroxyl groups is 2. The van der Waals surface area contributed by atoms with Crippen LogP contribution in [0.15, 0.2) is 22.8 Å². The number of ether oxygens (including phenoxy) is 3. The summed E-state index contributed by atoms with van der Waals surface area (Å²) < 4.78 is 17.2. The molecule has 2 heterocycles. The van der Waals surface area contributed by atoms with Crippen molar-refractivity contribution in [1.29, 1.82) is 0 Å². The van der Waals surface area contributed by atoms with Gasteiger partial charge < -0.3 is 24.4 Å². The van der Waals surface area contributed by atoms with Crippen molar-refractivity contribution in [3.63, 3.8) is 0 Å². The Kier molecular flexibility index (Phi) is 5.72. The Morgan fingerprint density at radius 3 is 2.57 bits per heavy atom. The molecule has 2 aliphatic heterocycles. The van der Waals surface area contributed by atoms with Crippen molar-refractivity contribution in [2.45, 2.75) is 90.5 Å². The van der Waals surface area contributed by atoms with Gasteiger partial charge in [-0.3, -0.25) is 14.4 Å². The lowest BCUT2D eigenvalue weighted by molar-refractivity contribution is -0.244. The van der Waals surface area contributed by atoms with Crippen molar-refractivity contribution in [1.82, 2.24) is 0 Å². The molecular weight excluding hydrogens is 452 g/mol. The third kappa shape index (κ3) is 3.29. The Morgan fingerprint density at radius 1 is 1.23 bits per heavy atom. The quantitative estimate of drug-likeness (QED) is 0.353. The summed E-state index contributed by atoms with van der Waals surface area (Å²) in [5.41, 5.74) is -0.216. The van der Waals surface area contributed by atoms with Gasteiger partial charge in [-0.15, -0.1) is 0 Å². The molecule has 5 aliphatic rings. The number of rotatable bonds is 3. The van der Waals surface area contributed by atoms with Gasteiger partial charge in [-0.1, -0.05) is 38.8 Å². The first kappa shape index (κ1) is 24.8. The third-order valence-electron chi connectivity index (χ3n) is 9.53. The van der Waals surface area contributed by atoms with E-state index in [9.17, 15) is 24.6 Å². The Hall–Kier alpha value is -1.87. The zero-order chi connectivity index (χ0) is 25.5. The second-order valence-corrected chi connectivity index (χ2v) is 11.9. The summed E-state index contributed by atoms with van der Waals surface area (Å²) in [6.07, 6.45) is 1.38. The molecule has 0 aromatic carbocycles. The highest BCUT2D eigenvalue weighted by molar-refractivity contribution is 5.96. The van der Waals surface area contributed by atoms with Gasteiger partial charge in [0.25, 0.3) is 0 Å². The average Bonchev–Trinajstić information content (AvgIpc) is 3.27. The van der Waals surface area contributed by atoms with Crippen molar-refractivity contribution in [3.05, 3.63) is 22.8 Å². The highest BCUT2D eigenvalue weighted by Crippen LogP contribution is 2.66. The van der Waals surface area contributed by atoms with Gasteiger partial charge in [-0.25, -0.2) is 0 Å². The summed E-state index contributed by atoms with van der Waals surface area (Å²) in [4.78, 5) is 37.4. The maximum absolute atomic E-state index is 13.5. The van der Waals surface area contributed by atoms with Crippen LogP contribution in [0.1, 0.15) is 60.3 Å². The summed E-state index contributed by atoms with van der Waals surface area (Å²) in [5, 5.41) is 23.5. The van der Waals surface area contributed by atoms with Crippen LogP contribution in [0.4, 0.5) is 0 Å². The fourth-order valence-electron chi connectivity index (χ4n) is 7.81. The molecule has 2 saturated heterocycles. The topological polar surface area (TPSA) is 119 Å². The Morgan fingerprint density at radius 2 is 1.94 bits per heavy atom. The molecule has 0 radical (unpaired) electrons. The Bertz CT molecular complexity index is 1030. The molecule has 3 aliphatic carbocycles. The molecule has 0 amide bonds. The standard InChI is InChI=1S/C27H36O8/c1-13(2)16-6-7-25(4)8-9-26(5)21(20(16)25)17(30)10-15(11-28)19-23(26)35-24-27(19,32)22(31)18(12-33-24)34-14(3)29/h10-11,13,17-19,21,23-24,30,32H,6-9,12H2,1-5H3/t17-,18+,19+,21+,23-,24-,25+,26+,27+/m0/s1. The van der Waals surface area contributed by atoms with Crippen LogP contribution >= 0.6 is 0 Å². The number of aldehydes is 1. The Balaban J connectivity index is 1.66. The molecule has 9 atom stereocenters. The van der Waals surface area contributed by atoms with Crippen LogP contribution in [-0.2, 0) is 28.6 Å². The first-order valence-corrected chi connectivity index (χ1v) is 12.7. The van der Waals surface area contributed by atoms with E-state index < -0.39 is 53.3 Å². The molecular formula is C27H36O8. The van der Waals surface area contributed by atoms with E-state index in [1.54, 1.807) is 0 Å². The van der Waals surface area contributed by atoms with E-state index in [1.165, 1.54) is 24.1 Å². The maximum atomic E-state index is 13.5. The van der Waals surface area contributed by atoms with E-state index in [0.29, 0.717) is 18.6 Å². The van der Waals surface area contributed by atoms with Crippen molar-refractivity contribution in [2.24, 2.45) is 28.6 Å². The fourth-order valence-corrected chi connectivity index (χ4v) is 7.81. The lowest BCUT2D eigenvalue weighted by Crippen LogP contribution is -2.62. The number of Topliss-reactive ketones (excluding diaryl/α,β-unsaturated/α-hetero) is 1. The summed E-state index contributed by atoms with van der Waals surface area (Å²) in [7, 11) is 0. The number of aliphatic hydroxyl groups excluding tert-OH is 1. The van der Waals surface area contributed by atoms with Gasteiger partial charge in [-0.05, 0) is 48.7 Å². The van der Waals surface area contributed by atoms with Crippen LogP contribution in [0.2, 0.25) is 0 Å². The highest BCUT2D eigenvalue weighted by atomic mass is 16.7. The van der Waals surface area contributed by atoms with E-state index >= 15 is 0 Å². The minimum Gasteiger partial charge on any atom is -0.452 e. The maximum Gasteiger partial charge on any atom is 0.303 e. The van der Waals surface area contributed by atoms with Gasteiger partial charge in [-0.2, -0.15) is 0 Å². The summed E-state index contributed by atoms with van der Waals surface area (Å²) in [5.74, 6) is -2.45. The number of allylic oxidation sites excluding steroid dienone is 1. The fraction of sp³-hybridized carbons (Fsp3) is 0.741. The minimum absolute atomic E-state index is 0.0468. The van der Waals surface area contributed by atoms with Crippen molar-refractivity contribution in [3.8, 4) is 0 Å². The molecule has 0 unspecified atom stereocenters. The van der Waals surface area contributed by atoms with Crippen molar-refractivity contribution in [2.75, 3.05) is 6.61 Å². The normalized spacial score (nSPS) is 46.9. The van der Waals surface area contributed by atoms with Crippen LogP contribution in [0.25, 0.3) is 0 Å². The summed E-state index contributed by atoms with van der Waals surface area (Å²) >= 11 is 0. The molecule has 8 nitrogen and oxygen atoms in total. The van der Waals surface area contributed by atoms with E-state index in [0.717, 1.165) is 19.3 Å². The molecule has 1 saturated carbocycles. The van der Waals surface area contributed by atoms with Crippen LogP contribution in [0.3, 0.4) is 0 Å². The second-order valence-electron chi connectivity index (χ2n) is 11.9. The Labute approximate surface area is 205 Å². The van der Waals surface area contributed by atoms with Crippen molar-refractivity contribution >= 4 is 18.0 Å². The minimum atomic E-state index is -2.21. The van der Waals surface area contributed by atoms with E-state index in [4.69, 9.17) is 14.2 Å². The van der Waals surface area contributed by atoms with Gasteiger partial charge in [0.1, 0.15) is 6.29 Å². The van der Waals surface area contributed by atoms with E-state index in [2.05, 4.69) is 20.8 Å². The van der Waals surface area contributed by atoms with Crippen LogP contribution in [0.5, 0.6) is 0 Å². The van der Waals surface area contributed by atoms with Crippen LogP contribution in [0, 0.1) is 28.6 Å². The van der Waals surface area contributed by atoms with Crippen molar-refractivity contribution < 1.29 is 38.8 Å². The van der Waals surface area contributed by atoms with Gasteiger partial charge in [0, 0.05) is 18.3 Å². The van der Waals surface area contributed by atoms with Gasteiger partial charge in [0.15, 0.2) is 18.0 Å². The third-order valence-corrected chi connectivity index (χ3v) is 9.53. The number of esters is 1. The second kappa shape index (κ2) is 8.07. The number of hydrogen-bond donors (Lipinski definition) is 2. The van der Waals surface area contributed by atoms with E-state index in [1.807, 2.05) is 6.92 Å². The van der Waals surface area contributed by atoms with Crippen LogP contribution < -0.4 is 0 Å².